The van der Waals surface area contributed by atoms with E-state index in [0.29, 0.717) is 0 Å². The van der Waals surface area contributed by atoms with E-state index in [1.54, 1.807) is 0 Å². The molecule has 0 rings (SSSR count). The van der Waals surface area contributed by atoms with E-state index in [1.165, 1.54) is 180 Å². The third-order valence-electron chi connectivity index (χ3n) is 7.59. The summed E-state index contributed by atoms with van der Waals surface area (Å²) in [6.07, 6.45) is 39.6. The predicted octanol–water partition coefficient (Wildman–Crippen LogP) is 14.7. The molecule has 0 aromatic rings. The smallest absolute Gasteiger partial charge is 0.147 e. The van der Waals surface area contributed by atoms with Crippen LogP contribution in [0.4, 0.5) is 0 Å². The van der Waals surface area contributed by atoms with Crippen LogP contribution in [-0.2, 0) is 0 Å². The van der Waals surface area contributed by atoms with E-state index in [1.807, 2.05) is 0 Å². The van der Waals surface area contributed by atoms with Gasteiger partial charge in [0.2, 0.25) is 0 Å². The van der Waals surface area contributed by atoms with Crippen LogP contribution in [0, 0.1) is 0 Å². The van der Waals surface area contributed by atoms with Crippen molar-refractivity contribution in [3.8, 4) is 0 Å². The standard InChI is InChI=1S/C32H66Cl2Se.2ClH/c1-3-5-7-9-11-13-15-17-19-21-23-25-27-29-31-35(33,34)32-30-28-26-24-22-20-18-16-14-12-10-8-6-4-2;;/h3-32H2,1-2H3;2*1H. The summed E-state index contributed by atoms with van der Waals surface area (Å²) < 4.78 is 0. The van der Waals surface area contributed by atoms with Crippen molar-refractivity contribution in [2.24, 2.45) is 0 Å². The predicted molar refractivity (Wildman–Crippen MR) is 182 cm³/mol. The Balaban J connectivity index is -0.00000578. The van der Waals surface area contributed by atoms with Gasteiger partial charge in [0.1, 0.15) is 0 Å². The summed E-state index contributed by atoms with van der Waals surface area (Å²) in [6, 6.07) is 0. The maximum atomic E-state index is 6.76. The number of halogens is 4. The molecule has 0 aliphatic heterocycles. The van der Waals surface area contributed by atoms with Gasteiger partial charge >= 0.3 is 183 Å². The van der Waals surface area contributed by atoms with Crippen molar-refractivity contribution < 1.29 is 0 Å². The molecule has 5 heteroatoms. The normalized spacial score (nSPS) is 11.8. The average molecular weight is 674 g/mol. The van der Waals surface area contributed by atoms with Crippen LogP contribution >= 0.6 is 45.0 Å². The summed E-state index contributed by atoms with van der Waals surface area (Å²) in [5.41, 5.74) is 0. The van der Waals surface area contributed by atoms with Crippen LogP contribution in [0.3, 0.4) is 0 Å². The fourth-order valence-electron chi connectivity index (χ4n) is 5.12. The first-order chi connectivity index (χ1) is 17.1. The molecule has 0 aromatic heterocycles. The van der Waals surface area contributed by atoms with Crippen molar-refractivity contribution in [1.29, 1.82) is 0 Å². The van der Waals surface area contributed by atoms with Gasteiger partial charge in [-0.3, -0.25) is 0 Å². The molecule has 0 unspecified atom stereocenters. The van der Waals surface area contributed by atoms with Gasteiger partial charge in [0.15, 0.2) is 0 Å². The molecule has 0 atom stereocenters. The first-order valence-corrected chi connectivity index (χ1v) is 23.2. The Morgan fingerprint density at radius 2 is 0.459 bits per heavy atom. The van der Waals surface area contributed by atoms with Crippen LogP contribution in [0.2, 0.25) is 10.6 Å². The Hall–Kier alpha value is 1.68. The van der Waals surface area contributed by atoms with Gasteiger partial charge in [0, 0.05) is 0 Å². The second-order valence-electron chi connectivity index (χ2n) is 11.3. The van der Waals surface area contributed by atoms with Gasteiger partial charge in [-0.15, -0.1) is 24.8 Å². The third kappa shape index (κ3) is 37.7. The molecule has 0 saturated carbocycles. The molecule has 37 heavy (non-hydrogen) atoms. The quantitative estimate of drug-likeness (QED) is 0.0526. The van der Waals surface area contributed by atoms with Crippen molar-refractivity contribution in [3.63, 3.8) is 0 Å². The topological polar surface area (TPSA) is 0 Å². The van der Waals surface area contributed by atoms with Gasteiger partial charge in [0.25, 0.3) is 0 Å². The van der Waals surface area contributed by atoms with E-state index in [0.717, 1.165) is 10.6 Å². The molecular weight excluding hydrogens is 605 g/mol. The second-order valence-corrected chi connectivity index (χ2v) is 22.9. The summed E-state index contributed by atoms with van der Waals surface area (Å²) in [5, 5.41) is 2.27. The molecule has 230 valence electrons. The number of rotatable bonds is 30. The van der Waals surface area contributed by atoms with Gasteiger partial charge in [-0.05, 0) is 0 Å². The molecule has 0 saturated heterocycles. The zero-order chi connectivity index (χ0) is 25.7. The van der Waals surface area contributed by atoms with Gasteiger partial charge in [-0.25, -0.2) is 0 Å². The molecular formula is C32H68Cl4Se. The summed E-state index contributed by atoms with van der Waals surface area (Å²) in [4.78, 5) is 0. The molecule has 0 amide bonds. The maximum absolute atomic E-state index is 6.76. The molecule has 0 N–H and O–H groups in total. The molecule has 0 radical (unpaired) electrons. The minimum atomic E-state index is -2.15. The minimum absolute atomic E-state index is 0. The van der Waals surface area contributed by atoms with E-state index in [-0.39, 0.29) is 24.8 Å². The molecule has 0 aliphatic carbocycles. The molecule has 0 fully saturated rings. The average Bonchev–Trinajstić information content (AvgIpc) is 2.84. The molecule has 0 nitrogen and oxygen atoms in total. The zero-order valence-electron chi connectivity index (χ0n) is 25.2. The van der Waals surface area contributed by atoms with E-state index in [2.05, 4.69) is 13.8 Å². The van der Waals surface area contributed by atoms with E-state index in [4.69, 9.17) is 20.2 Å². The Labute approximate surface area is 258 Å². The third-order valence-corrected chi connectivity index (χ3v) is 14.5. The molecule has 0 aliphatic rings. The monoisotopic (exact) mass is 672 g/mol. The minimum Gasteiger partial charge on any atom is -0.147 e. The molecule has 0 bridgehead atoms. The van der Waals surface area contributed by atoms with Crippen LogP contribution in [-0.4, -0.2) is 11.0 Å². The number of unbranched alkanes of at least 4 members (excludes halogenated alkanes) is 26. The molecule has 0 aromatic carbocycles. The van der Waals surface area contributed by atoms with Crippen molar-refractivity contribution in [2.45, 2.75) is 204 Å². The fraction of sp³-hybridized carbons (Fsp3) is 1.00. The first-order valence-electron chi connectivity index (χ1n) is 16.3. The van der Waals surface area contributed by atoms with Crippen LogP contribution in [0.1, 0.15) is 194 Å². The SMILES string of the molecule is CCCCCCCCCCCCCCCC[Se](Cl)(Cl)CCCCCCCCCCCCCCCC.Cl.Cl. The van der Waals surface area contributed by atoms with Gasteiger partial charge in [-0.1, -0.05) is 52.4 Å². The van der Waals surface area contributed by atoms with E-state index in [9.17, 15) is 0 Å². The Morgan fingerprint density at radius 3 is 0.649 bits per heavy atom. The molecule has 0 heterocycles. The van der Waals surface area contributed by atoms with Crippen LogP contribution < -0.4 is 0 Å². The Morgan fingerprint density at radius 1 is 0.297 bits per heavy atom. The summed E-state index contributed by atoms with van der Waals surface area (Å²) in [7, 11) is 13.5. The molecule has 0 spiro atoms. The van der Waals surface area contributed by atoms with Gasteiger partial charge < -0.3 is 0 Å². The summed E-state index contributed by atoms with van der Waals surface area (Å²) >= 11 is -2.15. The fourth-order valence-corrected chi connectivity index (χ4v) is 10.4. The first kappa shape index (κ1) is 43.1. The van der Waals surface area contributed by atoms with Crippen LogP contribution in [0.25, 0.3) is 0 Å². The van der Waals surface area contributed by atoms with Crippen LogP contribution in [0.5, 0.6) is 0 Å². The Kier molecular flexibility index (Phi) is 41.6. The number of hydrogen-bond donors (Lipinski definition) is 0. The van der Waals surface area contributed by atoms with E-state index < -0.39 is 11.0 Å². The summed E-state index contributed by atoms with van der Waals surface area (Å²) in [6.45, 7) is 4.59. The van der Waals surface area contributed by atoms with E-state index >= 15 is 0 Å². The number of hydrogen-bond acceptors (Lipinski definition) is 0. The second kappa shape index (κ2) is 35.7. The van der Waals surface area contributed by atoms with Crippen molar-refractivity contribution in [1.82, 2.24) is 0 Å². The van der Waals surface area contributed by atoms with Gasteiger partial charge in [0.05, 0.1) is 0 Å². The van der Waals surface area contributed by atoms with Crippen molar-refractivity contribution >= 4 is 56.0 Å². The Bertz CT molecular complexity index is 359. The van der Waals surface area contributed by atoms with Gasteiger partial charge in [-0.2, -0.15) is 0 Å². The van der Waals surface area contributed by atoms with Crippen molar-refractivity contribution in [3.05, 3.63) is 0 Å². The van der Waals surface area contributed by atoms with Crippen LogP contribution in [0.15, 0.2) is 0 Å². The van der Waals surface area contributed by atoms with Crippen molar-refractivity contribution in [2.75, 3.05) is 0 Å². The summed E-state index contributed by atoms with van der Waals surface area (Å²) in [5.74, 6) is 0. The zero-order valence-corrected chi connectivity index (χ0v) is 30.1.